The van der Waals surface area contributed by atoms with E-state index in [9.17, 15) is 0 Å². The van der Waals surface area contributed by atoms with Gasteiger partial charge in [0.1, 0.15) is 5.75 Å². The van der Waals surface area contributed by atoms with Gasteiger partial charge >= 0.3 is 0 Å². The van der Waals surface area contributed by atoms with Gasteiger partial charge in [0.15, 0.2) is 0 Å². The molecule has 3 nitrogen and oxygen atoms in total. The predicted octanol–water partition coefficient (Wildman–Crippen LogP) is 1.88. The van der Waals surface area contributed by atoms with Crippen LogP contribution in [0, 0.1) is 5.92 Å². The summed E-state index contributed by atoms with van der Waals surface area (Å²) in [5, 5.41) is 3.63. The van der Waals surface area contributed by atoms with Crippen LogP contribution < -0.4 is 10.1 Å². The number of hydrogen-bond donors (Lipinski definition) is 1. The van der Waals surface area contributed by atoms with Gasteiger partial charge in [-0.25, -0.2) is 0 Å². The van der Waals surface area contributed by atoms with E-state index in [1.54, 1.807) is 7.11 Å². The van der Waals surface area contributed by atoms with Crippen LogP contribution in [-0.2, 0) is 6.54 Å². The van der Waals surface area contributed by atoms with Crippen molar-refractivity contribution in [3.8, 4) is 5.75 Å². The van der Waals surface area contributed by atoms with Crippen molar-refractivity contribution in [1.29, 1.82) is 0 Å². The molecule has 0 bridgehead atoms. The standard InChI is InChI=1S/C15H22N2O/c1-18-14-4-2-12(3-5-14)10-17-9-7-13-6-8-16-15(13)11-17/h2-5,13,15-16H,6-11H2,1H3. The molecular weight excluding hydrogens is 224 g/mol. The SMILES string of the molecule is COc1ccc(CN2CCC3CCNC3C2)cc1. The smallest absolute Gasteiger partial charge is 0.118 e. The molecule has 2 heterocycles. The van der Waals surface area contributed by atoms with Crippen LogP contribution in [0.1, 0.15) is 18.4 Å². The summed E-state index contributed by atoms with van der Waals surface area (Å²) in [7, 11) is 1.71. The monoisotopic (exact) mass is 246 g/mol. The van der Waals surface area contributed by atoms with Crippen molar-refractivity contribution in [2.75, 3.05) is 26.7 Å². The average Bonchev–Trinajstić information content (AvgIpc) is 2.87. The second kappa shape index (κ2) is 5.29. The number of nitrogens with zero attached hydrogens (tertiary/aromatic N) is 1. The Morgan fingerprint density at radius 3 is 2.89 bits per heavy atom. The van der Waals surface area contributed by atoms with Gasteiger partial charge in [-0.1, -0.05) is 12.1 Å². The lowest BCUT2D eigenvalue weighted by molar-refractivity contribution is 0.159. The van der Waals surface area contributed by atoms with Gasteiger partial charge in [0.25, 0.3) is 0 Å². The molecule has 1 N–H and O–H groups in total. The van der Waals surface area contributed by atoms with Gasteiger partial charge in [-0.2, -0.15) is 0 Å². The third-order valence-electron chi connectivity index (χ3n) is 4.33. The van der Waals surface area contributed by atoms with E-state index in [2.05, 4.69) is 34.5 Å². The second-order valence-electron chi connectivity index (χ2n) is 5.48. The van der Waals surface area contributed by atoms with Crippen LogP contribution in [0.4, 0.5) is 0 Å². The molecule has 2 fully saturated rings. The first-order valence-corrected chi connectivity index (χ1v) is 6.94. The summed E-state index contributed by atoms with van der Waals surface area (Å²) >= 11 is 0. The molecule has 2 unspecified atom stereocenters. The van der Waals surface area contributed by atoms with Crippen molar-refractivity contribution >= 4 is 0 Å². The third kappa shape index (κ3) is 2.52. The molecule has 2 saturated heterocycles. The molecule has 3 heteroatoms. The zero-order valence-electron chi connectivity index (χ0n) is 11.1. The van der Waals surface area contributed by atoms with E-state index in [1.807, 2.05) is 0 Å². The zero-order valence-corrected chi connectivity index (χ0v) is 11.1. The molecule has 0 amide bonds. The minimum atomic E-state index is 0.733. The van der Waals surface area contributed by atoms with Crippen LogP contribution in [0.25, 0.3) is 0 Å². The van der Waals surface area contributed by atoms with E-state index in [0.717, 1.165) is 24.3 Å². The molecule has 2 atom stereocenters. The van der Waals surface area contributed by atoms with Crippen LogP contribution in [0.15, 0.2) is 24.3 Å². The summed E-state index contributed by atoms with van der Waals surface area (Å²) in [6.45, 7) is 4.73. The molecule has 0 radical (unpaired) electrons. The molecular formula is C15H22N2O. The van der Waals surface area contributed by atoms with E-state index in [1.165, 1.54) is 38.0 Å². The first-order chi connectivity index (χ1) is 8.85. The Bertz CT molecular complexity index is 390. The zero-order chi connectivity index (χ0) is 12.4. The lowest BCUT2D eigenvalue weighted by Crippen LogP contribution is -2.45. The normalized spacial score (nSPS) is 28.1. The van der Waals surface area contributed by atoms with Gasteiger partial charge in [0, 0.05) is 19.1 Å². The number of rotatable bonds is 3. The van der Waals surface area contributed by atoms with E-state index in [4.69, 9.17) is 4.74 Å². The van der Waals surface area contributed by atoms with Crippen LogP contribution >= 0.6 is 0 Å². The van der Waals surface area contributed by atoms with Crippen molar-refractivity contribution in [3.63, 3.8) is 0 Å². The number of hydrogen-bond acceptors (Lipinski definition) is 3. The quantitative estimate of drug-likeness (QED) is 0.881. The highest BCUT2D eigenvalue weighted by Crippen LogP contribution is 2.26. The van der Waals surface area contributed by atoms with Gasteiger partial charge in [0.05, 0.1) is 7.11 Å². The number of likely N-dealkylation sites (tertiary alicyclic amines) is 1. The number of fused-ring (bicyclic) bond motifs is 1. The Morgan fingerprint density at radius 1 is 1.28 bits per heavy atom. The fourth-order valence-corrected chi connectivity index (χ4v) is 3.23. The number of nitrogens with one attached hydrogen (secondary N) is 1. The van der Waals surface area contributed by atoms with Crippen molar-refractivity contribution in [2.45, 2.75) is 25.4 Å². The molecule has 3 rings (SSSR count). The molecule has 0 aliphatic carbocycles. The number of piperidine rings is 1. The molecule has 98 valence electrons. The fourth-order valence-electron chi connectivity index (χ4n) is 3.23. The minimum absolute atomic E-state index is 0.733. The predicted molar refractivity (Wildman–Crippen MR) is 72.8 cm³/mol. The molecule has 0 aromatic heterocycles. The van der Waals surface area contributed by atoms with Crippen molar-refractivity contribution in [1.82, 2.24) is 10.2 Å². The van der Waals surface area contributed by atoms with Gasteiger partial charge in [-0.15, -0.1) is 0 Å². The summed E-state index contributed by atoms with van der Waals surface area (Å²) < 4.78 is 5.19. The minimum Gasteiger partial charge on any atom is -0.497 e. The van der Waals surface area contributed by atoms with Crippen LogP contribution in [0.3, 0.4) is 0 Å². The molecule has 0 saturated carbocycles. The van der Waals surface area contributed by atoms with Gasteiger partial charge < -0.3 is 10.1 Å². The highest BCUT2D eigenvalue weighted by Gasteiger charge is 2.32. The summed E-state index contributed by atoms with van der Waals surface area (Å²) in [6, 6.07) is 9.18. The number of benzene rings is 1. The third-order valence-corrected chi connectivity index (χ3v) is 4.33. The molecule has 1 aromatic carbocycles. The van der Waals surface area contributed by atoms with E-state index >= 15 is 0 Å². The molecule has 18 heavy (non-hydrogen) atoms. The lowest BCUT2D eigenvalue weighted by atomic mass is 9.92. The highest BCUT2D eigenvalue weighted by molar-refractivity contribution is 5.27. The van der Waals surface area contributed by atoms with Crippen molar-refractivity contribution in [2.24, 2.45) is 5.92 Å². The van der Waals surface area contributed by atoms with E-state index < -0.39 is 0 Å². The van der Waals surface area contributed by atoms with Gasteiger partial charge in [0.2, 0.25) is 0 Å². The summed E-state index contributed by atoms with van der Waals surface area (Å²) in [5.41, 5.74) is 1.38. The number of methoxy groups -OCH3 is 1. The maximum absolute atomic E-state index is 5.19. The first-order valence-electron chi connectivity index (χ1n) is 6.94. The Kier molecular flexibility index (Phi) is 3.52. The van der Waals surface area contributed by atoms with Crippen molar-refractivity contribution < 1.29 is 4.74 Å². The molecule has 2 aliphatic rings. The summed E-state index contributed by atoms with van der Waals surface area (Å²) in [5.74, 6) is 1.87. The largest absolute Gasteiger partial charge is 0.497 e. The van der Waals surface area contributed by atoms with Gasteiger partial charge in [-0.3, -0.25) is 4.90 Å². The van der Waals surface area contributed by atoms with Crippen molar-refractivity contribution in [3.05, 3.63) is 29.8 Å². The Morgan fingerprint density at radius 2 is 2.11 bits per heavy atom. The lowest BCUT2D eigenvalue weighted by Gasteiger charge is -2.34. The molecule has 0 spiro atoms. The maximum atomic E-state index is 5.19. The molecule has 2 aliphatic heterocycles. The van der Waals surface area contributed by atoms with E-state index in [0.29, 0.717) is 0 Å². The summed E-state index contributed by atoms with van der Waals surface area (Å²) in [6.07, 6.45) is 2.73. The number of ether oxygens (including phenoxy) is 1. The average molecular weight is 246 g/mol. The van der Waals surface area contributed by atoms with Gasteiger partial charge in [-0.05, 0) is 49.5 Å². The molecule has 1 aromatic rings. The van der Waals surface area contributed by atoms with Crippen LogP contribution in [0.5, 0.6) is 5.75 Å². The summed E-state index contributed by atoms with van der Waals surface area (Å²) in [4.78, 5) is 2.57. The maximum Gasteiger partial charge on any atom is 0.118 e. The first kappa shape index (κ1) is 12.0. The second-order valence-corrected chi connectivity index (χ2v) is 5.48. The topological polar surface area (TPSA) is 24.5 Å². The Labute approximate surface area is 109 Å². The Hall–Kier alpha value is -1.06. The van der Waals surface area contributed by atoms with Crippen LogP contribution in [-0.4, -0.2) is 37.7 Å². The van der Waals surface area contributed by atoms with Crippen LogP contribution in [0.2, 0.25) is 0 Å². The fraction of sp³-hybridized carbons (Fsp3) is 0.600. The Balaban J connectivity index is 1.58. The van der Waals surface area contributed by atoms with E-state index in [-0.39, 0.29) is 0 Å². The highest BCUT2D eigenvalue weighted by atomic mass is 16.5.